The van der Waals surface area contributed by atoms with E-state index in [1.54, 1.807) is 0 Å². The maximum absolute atomic E-state index is 3.58. The van der Waals surface area contributed by atoms with Crippen molar-refractivity contribution in [2.75, 3.05) is 19.6 Å². The molecule has 1 rings (SSSR count). The highest BCUT2D eigenvalue weighted by Gasteiger charge is 2.19. The van der Waals surface area contributed by atoms with Gasteiger partial charge in [0.25, 0.3) is 0 Å². The standard InChI is InChI=1S/C14H28N2/c1-5-7-14(10-15-12(2)3)16-9-6-8-13(4)11-16/h8,12,14-15H,5-7,9-11H2,1-4H3. The highest BCUT2D eigenvalue weighted by molar-refractivity contribution is 5.05. The molecule has 1 heterocycles. The van der Waals surface area contributed by atoms with Gasteiger partial charge in [-0.25, -0.2) is 0 Å². The topological polar surface area (TPSA) is 15.3 Å². The molecule has 0 aromatic heterocycles. The average Bonchev–Trinajstić information content (AvgIpc) is 2.24. The fourth-order valence-corrected chi connectivity index (χ4v) is 2.37. The quantitative estimate of drug-likeness (QED) is 0.698. The minimum absolute atomic E-state index is 0.598. The Hall–Kier alpha value is -0.340. The van der Waals surface area contributed by atoms with Crippen molar-refractivity contribution in [1.82, 2.24) is 10.2 Å². The first-order chi connectivity index (χ1) is 7.63. The molecule has 1 N–H and O–H groups in total. The molecule has 0 aromatic carbocycles. The molecule has 0 aromatic rings. The van der Waals surface area contributed by atoms with Crippen LogP contribution >= 0.6 is 0 Å². The highest BCUT2D eigenvalue weighted by atomic mass is 15.2. The molecule has 2 nitrogen and oxygen atoms in total. The van der Waals surface area contributed by atoms with Crippen LogP contribution in [0.3, 0.4) is 0 Å². The maximum Gasteiger partial charge on any atom is 0.0224 e. The molecule has 94 valence electrons. The second-order valence-corrected chi connectivity index (χ2v) is 5.32. The molecule has 1 aliphatic rings. The van der Waals surface area contributed by atoms with Crippen molar-refractivity contribution >= 4 is 0 Å². The smallest absolute Gasteiger partial charge is 0.0224 e. The first kappa shape index (κ1) is 13.7. The van der Waals surface area contributed by atoms with E-state index in [2.05, 4.69) is 44.0 Å². The SMILES string of the molecule is CCCC(CNC(C)C)N1CCC=C(C)C1. The van der Waals surface area contributed by atoms with Crippen molar-refractivity contribution in [3.63, 3.8) is 0 Å². The minimum Gasteiger partial charge on any atom is -0.313 e. The van der Waals surface area contributed by atoms with Crippen LogP contribution in [0.2, 0.25) is 0 Å². The summed E-state index contributed by atoms with van der Waals surface area (Å²) in [6.45, 7) is 12.5. The van der Waals surface area contributed by atoms with E-state index in [9.17, 15) is 0 Å². The van der Waals surface area contributed by atoms with E-state index in [1.165, 1.54) is 37.9 Å². The van der Waals surface area contributed by atoms with Gasteiger partial charge in [-0.2, -0.15) is 0 Å². The van der Waals surface area contributed by atoms with Crippen LogP contribution in [0.25, 0.3) is 0 Å². The van der Waals surface area contributed by atoms with Crippen molar-refractivity contribution in [2.24, 2.45) is 0 Å². The fourth-order valence-electron chi connectivity index (χ4n) is 2.37. The van der Waals surface area contributed by atoms with Gasteiger partial charge in [0.1, 0.15) is 0 Å². The lowest BCUT2D eigenvalue weighted by molar-refractivity contribution is 0.189. The predicted octanol–water partition coefficient (Wildman–Crippen LogP) is 2.81. The first-order valence-corrected chi connectivity index (χ1v) is 6.76. The van der Waals surface area contributed by atoms with E-state index >= 15 is 0 Å². The molecular formula is C14H28N2. The minimum atomic E-state index is 0.598. The highest BCUT2D eigenvalue weighted by Crippen LogP contribution is 2.15. The van der Waals surface area contributed by atoms with Crippen molar-refractivity contribution in [3.05, 3.63) is 11.6 Å². The van der Waals surface area contributed by atoms with Gasteiger partial charge in [-0.3, -0.25) is 4.90 Å². The van der Waals surface area contributed by atoms with Crippen LogP contribution in [-0.4, -0.2) is 36.6 Å². The van der Waals surface area contributed by atoms with Crippen LogP contribution in [0, 0.1) is 0 Å². The largest absolute Gasteiger partial charge is 0.313 e. The Labute approximate surface area is 101 Å². The van der Waals surface area contributed by atoms with E-state index in [1.807, 2.05) is 0 Å². The summed E-state index contributed by atoms with van der Waals surface area (Å²) in [6.07, 6.45) is 6.21. The summed E-state index contributed by atoms with van der Waals surface area (Å²) >= 11 is 0. The lowest BCUT2D eigenvalue weighted by Crippen LogP contribution is -2.46. The molecule has 1 unspecified atom stereocenters. The molecule has 0 saturated carbocycles. The van der Waals surface area contributed by atoms with Crippen LogP contribution in [0.4, 0.5) is 0 Å². The van der Waals surface area contributed by atoms with Gasteiger partial charge in [-0.05, 0) is 19.8 Å². The van der Waals surface area contributed by atoms with Gasteiger partial charge in [-0.15, -0.1) is 0 Å². The third-order valence-corrected chi connectivity index (χ3v) is 3.26. The van der Waals surface area contributed by atoms with Gasteiger partial charge in [0.15, 0.2) is 0 Å². The van der Waals surface area contributed by atoms with Crippen LogP contribution in [-0.2, 0) is 0 Å². The molecule has 0 saturated heterocycles. The van der Waals surface area contributed by atoms with Crippen molar-refractivity contribution in [2.45, 2.75) is 59.0 Å². The zero-order chi connectivity index (χ0) is 12.0. The molecule has 16 heavy (non-hydrogen) atoms. The molecule has 0 fully saturated rings. The van der Waals surface area contributed by atoms with Crippen LogP contribution < -0.4 is 5.32 Å². The van der Waals surface area contributed by atoms with Crippen molar-refractivity contribution in [3.8, 4) is 0 Å². The summed E-state index contributed by atoms with van der Waals surface area (Å²) in [5.74, 6) is 0. The molecule has 1 atom stereocenters. The van der Waals surface area contributed by atoms with Gasteiger partial charge in [0.05, 0.1) is 0 Å². The van der Waals surface area contributed by atoms with E-state index in [0.717, 1.165) is 12.6 Å². The van der Waals surface area contributed by atoms with Crippen molar-refractivity contribution in [1.29, 1.82) is 0 Å². The van der Waals surface area contributed by atoms with E-state index < -0.39 is 0 Å². The molecule has 0 aliphatic carbocycles. The Bertz CT molecular complexity index is 221. The summed E-state index contributed by atoms with van der Waals surface area (Å²) in [6, 6.07) is 1.32. The van der Waals surface area contributed by atoms with E-state index in [-0.39, 0.29) is 0 Å². The number of hydrogen-bond donors (Lipinski definition) is 1. The molecule has 0 amide bonds. The molecule has 0 bridgehead atoms. The summed E-state index contributed by atoms with van der Waals surface area (Å²) in [7, 11) is 0. The zero-order valence-corrected chi connectivity index (χ0v) is 11.4. The van der Waals surface area contributed by atoms with E-state index in [0.29, 0.717) is 6.04 Å². The molecular weight excluding hydrogens is 196 g/mol. The Morgan fingerprint density at radius 3 is 2.75 bits per heavy atom. The van der Waals surface area contributed by atoms with Gasteiger partial charge in [-0.1, -0.05) is 38.8 Å². The normalized spacial score (nSPS) is 19.9. The van der Waals surface area contributed by atoms with E-state index in [4.69, 9.17) is 0 Å². The number of hydrogen-bond acceptors (Lipinski definition) is 2. The third kappa shape index (κ3) is 4.67. The monoisotopic (exact) mass is 224 g/mol. The zero-order valence-electron chi connectivity index (χ0n) is 11.4. The van der Waals surface area contributed by atoms with Gasteiger partial charge >= 0.3 is 0 Å². The van der Waals surface area contributed by atoms with Crippen LogP contribution in [0.15, 0.2) is 11.6 Å². The lowest BCUT2D eigenvalue weighted by atomic mass is 10.0. The maximum atomic E-state index is 3.58. The van der Waals surface area contributed by atoms with Crippen LogP contribution in [0.5, 0.6) is 0 Å². The predicted molar refractivity (Wildman–Crippen MR) is 71.8 cm³/mol. The molecule has 0 spiro atoms. The Morgan fingerprint density at radius 2 is 2.19 bits per heavy atom. The second kappa shape index (κ2) is 7.08. The summed E-state index contributed by atoms with van der Waals surface area (Å²) in [5, 5.41) is 3.58. The Kier molecular flexibility index (Phi) is 6.07. The third-order valence-electron chi connectivity index (χ3n) is 3.26. The first-order valence-electron chi connectivity index (χ1n) is 6.76. The number of rotatable bonds is 6. The summed E-state index contributed by atoms with van der Waals surface area (Å²) < 4.78 is 0. The Balaban J connectivity index is 2.45. The van der Waals surface area contributed by atoms with Crippen LogP contribution in [0.1, 0.15) is 47.0 Å². The molecule has 1 aliphatic heterocycles. The average molecular weight is 224 g/mol. The molecule has 2 heteroatoms. The van der Waals surface area contributed by atoms with Gasteiger partial charge in [0, 0.05) is 31.7 Å². The second-order valence-electron chi connectivity index (χ2n) is 5.32. The number of nitrogens with zero attached hydrogens (tertiary/aromatic N) is 1. The van der Waals surface area contributed by atoms with Crippen molar-refractivity contribution < 1.29 is 0 Å². The molecule has 0 radical (unpaired) electrons. The summed E-state index contributed by atoms with van der Waals surface area (Å²) in [5.41, 5.74) is 1.54. The number of nitrogens with one attached hydrogen (secondary N) is 1. The van der Waals surface area contributed by atoms with Gasteiger partial charge in [0.2, 0.25) is 0 Å². The summed E-state index contributed by atoms with van der Waals surface area (Å²) in [4.78, 5) is 2.65. The Morgan fingerprint density at radius 1 is 1.44 bits per heavy atom. The lowest BCUT2D eigenvalue weighted by Gasteiger charge is -2.34. The van der Waals surface area contributed by atoms with Gasteiger partial charge < -0.3 is 5.32 Å². The fraction of sp³-hybridized carbons (Fsp3) is 0.857.